The molecule has 0 aromatic rings. The van der Waals surface area contributed by atoms with Crippen LogP contribution in [0.4, 0.5) is 0 Å². The molecule has 1 unspecified atom stereocenters. The summed E-state index contributed by atoms with van der Waals surface area (Å²) in [6.45, 7) is 6.39. The molecule has 0 aromatic heterocycles. The fourth-order valence-electron chi connectivity index (χ4n) is 9.14. The molecular formula is C75H124O6. The minimum atomic E-state index is -0.801. The maximum Gasteiger partial charge on any atom is 0.306 e. The van der Waals surface area contributed by atoms with Crippen LogP contribution in [-0.2, 0) is 28.6 Å². The molecule has 81 heavy (non-hydrogen) atoms. The third-order valence-corrected chi connectivity index (χ3v) is 14.1. The maximum atomic E-state index is 13.0. The van der Waals surface area contributed by atoms with Gasteiger partial charge in [-0.1, -0.05) is 283 Å². The van der Waals surface area contributed by atoms with Crippen molar-refractivity contribution in [1.29, 1.82) is 0 Å². The van der Waals surface area contributed by atoms with Crippen LogP contribution < -0.4 is 0 Å². The lowest BCUT2D eigenvalue weighted by Crippen LogP contribution is -2.30. The van der Waals surface area contributed by atoms with Gasteiger partial charge < -0.3 is 14.2 Å². The number of carbonyl (C=O) groups is 3. The molecule has 0 heterocycles. The first-order valence-corrected chi connectivity index (χ1v) is 33.7. The summed E-state index contributed by atoms with van der Waals surface area (Å²) in [6.07, 6.45) is 96.0. The SMILES string of the molecule is CC/C=C\C/C=C\C/C=C\C/C=C\CCCCCCCCCCCCC(=O)OCC(COC(=O)CCCCCC/C=C\C/C=C\C/C=C\C/C=C\CC)OC(=O)CCCCCCCCCC/C=C\C/C=C\C/C=C\CCCCCCC. The highest BCUT2D eigenvalue weighted by molar-refractivity contribution is 5.71. The molecular weight excluding hydrogens is 997 g/mol. The van der Waals surface area contributed by atoms with E-state index in [2.05, 4.69) is 154 Å². The van der Waals surface area contributed by atoms with Gasteiger partial charge in [0.15, 0.2) is 6.10 Å². The molecule has 0 aliphatic carbocycles. The lowest BCUT2D eigenvalue weighted by Gasteiger charge is -2.18. The zero-order chi connectivity index (χ0) is 58.5. The molecule has 0 fully saturated rings. The Morgan fingerprint density at radius 1 is 0.259 bits per heavy atom. The minimum Gasteiger partial charge on any atom is -0.462 e. The lowest BCUT2D eigenvalue weighted by atomic mass is 10.1. The highest BCUT2D eigenvalue weighted by Gasteiger charge is 2.19. The third-order valence-electron chi connectivity index (χ3n) is 14.1. The summed E-state index contributed by atoms with van der Waals surface area (Å²) < 4.78 is 16.9. The van der Waals surface area contributed by atoms with Crippen molar-refractivity contribution >= 4 is 17.9 Å². The summed E-state index contributed by atoms with van der Waals surface area (Å²) in [6, 6.07) is 0. The topological polar surface area (TPSA) is 78.9 Å². The van der Waals surface area contributed by atoms with Gasteiger partial charge in [-0.05, 0) is 135 Å². The Morgan fingerprint density at radius 2 is 0.481 bits per heavy atom. The fourth-order valence-corrected chi connectivity index (χ4v) is 9.14. The Kier molecular flexibility index (Phi) is 64.3. The standard InChI is InChI=1S/C75H124O6/c1-4-7-10-13-16-19-22-25-28-31-33-35-37-39-41-44-47-50-53-56-59-62-65-68-74(77)80-71-72(70-79-73(76)67-64-61-58-55-52-49-46-43-30-27-24-21-18-15-12-9-6-3)81-75(78)69-66-63-60-57-54-51-48-45-42-40-38-36-34-32-29-26-23-20-17-14-11-8-5-2/h7,9-10,12,16,18-19,21,23,25-28,30,32-35,38,40,46,49,72H,4-6,8,11,13-15,17,20,22,24,29,31,36-37,39,41-45,47-48,50-71H2,1-3H3/b10-7-,12-9-,19-16-,21-18-,26-23-,28-25-,30-27-,34-32-,35-33-,40-38-,49-46-. The first-order chi connectivity index (χ1) is 40.0. The smallest absolute Gasteiger partial charge is 0.306 e. The van der Waals surface area contributed by atoms with Gasteiger partial charge in [-0.25, -0.2) is 0 Å². The summed E-state index contributed by atoms with van der Waals surface area (Å²) in [7, 11) is 0. The second-order valence-corrected chi connectivity index (χ2v) is 22.0. The highest BCUT2D eigenvalue weighted by Crippen LogP contribution is 2.16. The molecule has 1 atom stereocenters. The molecule has 0 radical (unpaired) electrons. The second-order valence-electron chi connectivity index (χ2n) is 22.0. The number of rotatable bonds is 60. The monoisotopic (exact) mass is 1120 g/mol. The third kappa shape index (κ3) is 66.2. The van der Waals surface area contributed by atoms with Crippen LogP contribution in [0.2, 0.25) is 0 Å². The number of ether oxygens (including phenoxy) is 3. The quantitative estimate of drug-likeness (QED) is 0.0261. The molecule has 0 amide bonds. The van der Waals surface area contributed by atoms with Crippen LogP contribution in [-0.4, -0.2) is 37.2 Å². The van der Waals surface area contributed by atoms with Gasteiger partial charge in [-0.3, -0.25) is 14.4 Å². The van der Waals surface area contributed by atoms with Gasteiger partial charge >= 0.3 is 17.9 Å². The van der Waals surface area contributed by atoms with Gasteiger partial charge in [-0.2, -0.15) is 0 Å². The predicted octanol–water partition coefficient (Wildman–Crippen LogP) is 23.3. The number of hydrogen-bond donors (Lipinski definition) is 0. The van der Waals surface area contributed by atoms with Crippen molar-refractivity contribution < 1.29 is 28.6 Å². The zero-order valence-corrected chi connectivity index (χ0v) is 52.8. The largest absolute Gasteiger partial charge is 0.462 e. The lowest BCUT2D eigenvalue weighted by molar-refractivity contribution is -0.167. The van der Waals surface area contributed by atoms with Crippen molar-refractivity contribution in [3.63, 3.8) is 0 Å². The van der Waals surface area contributed by atoms with Crippen molar-refractivity contribution in [3.05, 3.63) is 134 Å². The normalized spacial score (nSPS) is 13.0. The Balaban J connectivity index is 4.44. The average molecular weight is 1120 g/mol. The van der Waals surface area contributed by atoms with Crippen LogP contribution in [0.3, 0.4) is 0 Å². The molecule has 6 nitrogen and oxygen atoms in total. The average Bonchev–Trinajstić information content (AvgIpc) is 3.47. The fraction of sp³-hybridized carbons (Fsp3) is 0.667. The van der Waals surface area contributed by atoms with E-state index in [1.807, 2.05) is 0 Å². The van der Waals surface area contributed by atoms with Gasteiger partial charge in [0.2, 0.25) is 0 Å². The minimum absolute atomic E-state index is 0.0946. The molecule has 0 aliphatic rings. The van der Waals surface area contributed by atoms with E-state index in [0.29, 0.717) is 19.3 Å². The van der Waals surface area contributed by atoms with E-state index in [9.17, 15) is 14.4 Å². The Hall–Kier alpha value is -4.45. The number of esters is 3. The number of hydrogen-bond acceptors (Lipinski definition) is 6. The predicted molar refractivity (Wildman–Crippen MR) is 353 cm³/mol. The van der Waals surface area contributed by atoms with Crippen LogP contribution in [0.5, 0.6) is 0 Å². The zero-order valence-electron chi connectivity index (χ0n) is 52.8. The molecule has 6 heteroatoms. The van der Waals surface area contributed by atoms with Crippen LogP contribution >= 0.6 is 0 Å². The van der Waals surface area contributed by atoms with Crippen LogP contribution in [0.1, 0.15) is 303 Å². The molecule has 0 N–H and O–H groups in total. The highest BCUT2D eigenvalue weighted by atomic mass is 16.6. The van der Waals surface area contributed by atoms with Crippen molar-refractivity contribution in [1.82, 2.24) is 0 Å². The van der Waals surface area contributed by atoms with E-state index in [1.54, 1.807) is 0 Å². The van der Waals surface area contributed by atoms with Crippen LogP contribution in [0.15, 0.2) is 134 Å². The summed E-state index contributed by atoms with van der Waals surface area (Å²) in [5.74, 6) is -0.925. The first kappa shape index (κ1) is 76.5. The summed E-state index contributed by atoms with van der Waals surface area (Å²) >= 11 is 0. The maximum absolute atomic E-state index is 13.0. The van der Waals surface area contributed by atoms with Crippen LogP contribution in [0.25, 0.3) is 0 Å². The molecule has 460 valence electrons. The van der Waals surface area contributed by atoms with E-state index in [0.717, 1.165) is 141 Å². The Bertz CT molecular complexity index is 1720. The van der Waals surface area contributed by atoms with Gasteiger partial charge in [0.05, 0.1) is 0 Å². The number of carbonyl (C=O) groups excluding carboxylic acids is 3. The van der Waals surface area contributed by atoms with E-state index < -0.39 is 6.10 Å². The molecule has 0 aromatic carbocycles. The van der Waals surface area contributed by atoms with E-state index >= 15 is 0 Å². The molecule has 0 bridgehead atoms. The summed E-state index contributed by atoms with van der Waals surface area (Å²) in [4.78, 5) is 38.4. The van der Waals surface area contributed by atoms with Crippen molar-refractivity contribution in [2.24, 2.45) is 0 Å². The van der Waals surface area contributed by atoms with Crippen LogP contribution in [0, 0.1) is 0 Å². The van der Waals surface area contributed by atoms with E-state index in [4.69, 9.17) is 14.2 Å². The van der Waals surface area contributed by atoms with E-state index in [1.165, 1.54) is 122 Å². The molecule has 0 rings (SSSR count). The molecule has 0 aliphatic heterocycles. The summed E-state index contributed by atoms with van der Waals surface area (Å²) in [5, 5.41) is 0. The number of allylic oxidation sites excluding steroid dienone is 22. The van der Waals surface area contributed by atoms with Gasteiger partial charge in [-0.15, -0.1) is 0 Å². The molecule has 0 saturated carbocycles. The van der Waals surface area contributed by atoms with Gasteiger partial charge in [0, 0.05) is 19.3 Å². The molecule has 0 spiro atoms. The Morgan fingerprint density at radius 3 is 0.753 bits per heavy atom. The second kappa shape index (κ2) is 68.1. The van der Waals surface area contributed by atoms with E-state index in [-0.39, 0.29) is 31.1 Å². The van der Waals surface area contributed by atoms with Crippen molar-refractivity contribution in [2.75, 3.05) is 13.2 Å². The van der Waals surface area contributed by atoms with Gasteiger partial charge in [0.25, 0.3) is 0 Å². The molecule has 0 saturated heterocycles. The van der Waals surface area contributed by atoms with Crippen molar-refractivity contribution in [3.8, 4) is 0 Å². The number of unbranched alkanes of at least 4 members (excludes halogenated alkanes) is 27. The van der Waals surface area contributed by atoms with Gasteiger partial charge in [0.1, 0.15) is 13.2 Å². The van der Waals surface area contributed by atoms with Crippen molar-refractivity contribution in [2.45, 2.75) is 309 Å². The first-order valence-electron chi connectivity index (χ1n) is 33.7. The Labute approximate surface area is 500 Å². The summed E-state index contributed by atoms with van der Waals surface area (Å²) in [5.41, 5.74) is 0.